The zero-order chi connectivity index (χ0) is 15.6. The minimum absolute atomic E-state index is 0.0172. The van der Waals surface area contributed by atoms with Crippen molar-refractivity contribution in [1.29, 1.82) is 0 Å². The molecule has 0 fully saturated rings. The maximum Gasteiger partial charge on any atom is 0.256 e. The van der Waals surface area contributed by atoms with Gasteiger partial charge in [-0.15, -0.1) is 0 Å². The Morgan fingerprint density at radius 2 is 1.86 bits per heavy atom. The zero-order valence-corrected chi connectivity index (χ0v) is 12.5. The number of carbonyl (C=O) groups is 1. The second-order valence-electron chi connectivity index (χ2n) is 5.29. The van der Waals surface area contributed by atoms with Gasteiger partial charge >= 0.3 is 0 Å². The lowest BCUT2D eigenvalue weighted by Gasteiger charge is -2.19. The molecule has 4 heteroatoms. The molecule has 21 heavy (non-hydrogen) atoms. The highest BCUT2D eigenvalue weighted by atomic mass is 19.1. The molecule has 0 unspecified atom stereocenters. The molecule has 2 rings (SSSR count). The van der Waals surface area contributed by atoms with Crippen molar-refractivity contribution in [2.75, 3.05) is 12.8 Å². The average Bonchev–Trinajstić information content (AvgIpc) is 2.44. The number of hydrogen-bond donors (Lipinski definition) is 1. The van der Waals surface area contributed by atoms with E-state index in [1.165, 1.54) is 17.0 Å². The molecule has 1 amide bonds. The smallest absolute Gasteiger partial charge is 0.256 e. The average molecular weight is 286 g/mol. The summed E-state index contributed by atoms with van der Waals surface area (Å²) in [6, 6.07) is 10.7. The van der Waals surface area contributed by atoms with Crippen molar-refractivity contribution in [3.63, 3.8) is 0 Å². The summed E-state index contributed by atoms with van der Waals surface area (Å²) >= 11 is 0. The molecule has 2 aromatic carbocycles. The van der Waals surface area contributed by atoms with E-state index in [-0.39, 0.29) is 11.5 Å². The maximum atomic E-state index is 14.1. The van der Waals surface area contributed by atoms with Crippen molar-refractivity contribution in [2.24, 2.45) is 0 Å². The minimum atomic E-state index is -0.508. The molecule has 0 radical (unpaired) electrons. The first-order chi connectivity index (χ1) is 9.90. The van der Waals surface area contributed by atoms with Crippen molar-refractivity contribution in [3.05, 3.63) is 64.5 Å². The molecule has 0 spiro atoms. The lowest BCUT2D eigenvalue weighted by Crippen LogP contribution is -2.27. The molecular weight excluding hydrogens is 267 g/mol. The van der Waals surface area contributed by atoms with E-state index in [1.54, 1.807) is 14.0 Å². The van der Waals surface area contributed by atoms with E-state index in [2.05, 4.69) is 0 Å². The van der Waals surface area contributed by atoms with Crippen molar-refractivity contribution < 1.29 is 9.18 Å². The first kappa shape index (κ1) is 15.0. The lowest BCUT2D eigenvalue weighted by molar-refractivity contribution is 0.0780. The summed E-state index contributed by atoms with van der Waals surface area (Å²) < 4.78 is 14.1. The fraction of sp³-hybridized carbons (Fsp3) is 0.235. The van der Waals surface area contributed by atoms with Crippen LogP contribution in [0.4, 0.5) is 10.1 Å². The molecule has 0 saturated carbocycles. The molecular formula is C17H19FN2O. The van der Waals surface area contributed by atoms with Gasteiger partial charge in [-0.25, -0.2) is 4.39 Å². The van der Waals surface area contributed by atoms with Crippen LogP contribution < -0.4 is 5.73 Å². The first-order valence-corrected chi connectivity index (χ1v) is 6.75. The Morgan fingerprint density at radius 1 is 1.19 bits per heavy atom. The van der Waals surface area contributed by atoms with Gasteiger partial charge in [0.2, 0.25) is 0 Å². The monoisotopic (exact) mass is 286 g/mol. The van der Waals surface area contributed by atoms with Crippen molar-refractivity contribution in [2.45, 2.75) is 20.4 Å². The predicted octanol–water partition coefficient (Wildman–Crippen LogP) is 3.30. The van der Waals surface area contributed by atoms with Crippen LogP contribution in [0, 0.1) is 19.7 Å². The SMILES string of the molecule is Cc1ccccc1CN(C)C(=O)c1cc(N)cc(C)c1F. The standard InChI is InChI=1S/C17H19FN2O/c1-11-6-4-5-7-13(11)10-20(3)17(21)15-9-14(19)8-12(2)16(15)18/h4-9H,10,19H2,1-3H3. The fourth-order valence-electron chi connectivity index (χ4n) is 2.27. The Kier molecular flexibility index (Phi) is 4.26. The third-order valence-electron chi connectivity index (χ3n) is 3.52. The second-order valence-corrected chi connectivity index (χ2v) is 5.29. The predicted molar refractivity (Wildman–Crippen MR) is 82.5 cm³/mol. The van der Waals surface area contributed by atoms with E-state index in [1.807, 2.05) is 31.2 Å². The third kappa shape index (κ3) is 3.21. The van der Waals surface area contributed by atoms with Gasteiger partial charge in [-0.3, -0.25) is 4.79 Å². The number of nitrogens with zero attached hydrogens (tertiary/aromatic N) is 1. The van der Waals surface area contributed by atoms with Gasteiger partial charge in [0, 0.05) is 19.3 Å². The van der Waals surface area contributed by atoms with Crippen molar-refractivity contribution >= 4 is 11.6 Å². The largest absolute Gasteiger partial charge is 0.399 e. The minimum Gasteiger partial charge on any atom is -0.399 e. The molecule has 3 nitrogen and oxygen atoms in total. The summed E-state index contributed by atoms with van der Waals surface area (Å²) in [6.07, 6.45) is 0. The van der Waals surface area contributed by atoms with Gasteiger partial charge in [0.1, 0.15) is 5.82 Å². The number of amides is 1. The van der Waals surface area contributed by atoms with E-state index in [9.17, 15) is 9.18 Å². The summed E-state index contributed by atoms with van der Waals surface area (Å²) in [6.45, 7) is 4.02. The van der Waals surface area contributed by atoms with Crippen molar-refractivity contribution in [1.82, 2.24) is 4.90 Å². The number of aryl methyl sites for hydroxylation is 2. The van der Waals surface area contributed by atoms with E-state index in [4.69, 9.17) is 5.73 Å². The molecule has 0 bridgehead atoms. The van der Waals surface area contributed by atoms with Crippen LogP contribution in [0.3, 0.4) is 0 Å². The molecule has 2 N–H and O–H groups in total. The molecule has 2 aromatic rings. The van der Waals surface area contributed by atoms with Crippen LogP contribution in [-0.2, 0) is 6.54 Å². The molecule has 0 atom stereocenters. The topological polar surface area (TPSA) is 46.3 Å². The molecule has 0 aliphatic heterocycles. The Morgan fingerprint density at radius 3 is 2.52 bits per heavy atom. The molecule has 0 saturated heterocycles. The van der Waals surface area contributed by atoms with Gasteiger partial charge in [-0.1, -0.05) is 24.3 Å². The number of nitrogen functional groups attached to an aromatic ring is 1. The zero-order valence-electron chi connectivity index (χ0n) is 12.5. The summed E-state index contributed by atoms with van der Waals surface area (Å²) in [4.78, 5) is 13.9. The van der Waals surface area contributed by atoms with Crippen LogP contribution in [0.5, 0.6) is 0 Å². The number of halogens is 1. The third-order valence-corrected chi connectivity index (χ3v) is 3.52. The lowest BCUT2D eigenvalue weighted by atomic mass is 10.1. The number of rotatable bonds is 3. The quantitative estimate of drug-likeness (QED) is 0.880. The molecule has 110 valence electrons. The van der Waals surface area contributed by atoms with Crippen LogP contribution >= 0.6 is 0 Å². The summed E-state index contributed by atoms with van der Waals surface area (Å²) in [7, 11) is 1.66. The normalized spacial score (nSPS) is 10.5. The Labute approximate surface area is 124 Å². The van der Waals surface area contributed by atoms with Crippen molar-refractivity contribution in [3.8, 4) is 0 Å². The van der Waals surface area contributed by atoms with E-state index >= 15 is 0 Å². The summed E-state index contributed by atoms with van der Waals surface area (Å²) in [5.41, 5.74) is 8.63. The molecule has 0 heterocycles. The van der Waals surface area contributed by atoms with Crippen LogP contribution in [0.1, 0.15) is 27.0 Å². The highest BCUT2D eigenvalue weighted by Crippen LogP contribution is 2.19. The Bertz CT molecular complexity index is 682. The molecule has 0 aromatic heterocycles. The Hall–Kier alpha value is -2.36. The number of nitrogens with two attached hydrogens (primary N) is 1. The summed E-state index contributed by atoms with van der Waals surface area (Å²) in [5, 5.41) is 0. The molecule has 0 aliphatic rings. The van der Waals surface area contributed by atoms with Crippen LogP contribution in [0.2, 0.25) is 0 Å². The fourth-order valence-corrected chi connectivity index (χ4v) is 2.27. The van der Waals surface area contributed by atoms with Crippen LogP contribution in [0.25, 0.3) is 0 Å². The van der Waals surface area contributed by atoms with Crippen LogP contribution in [0.15, 0.2) is 36.4 Å². The number of hydrogen-bond acceptors (Lipinski definition) is 2. The van der Waals surface area contributed by atoms with E-state index in [0.29, 0.717) is 17.8 Å². The summed E-state index contributed by atoms with van der Waals surface area (Å²) in [5.74, 6) is -0.878. The van der Waals surface area contributed by atoms with Gasteiger partial charge in [-0.05, 0) is 42.7 Å². The first-order valence-electron chi connectivity index (χ1n) is 6.75. The van der Waals surface area contributed by atoms with E-state index < -0.39 is 5.82 Å². The highest BCUT2D eigenvalue weighted by Gasteiger charge is 2.19. The van der Waals surface area contributed by atoms with Gasteiger partial charge in [-0.2, -0.15) is 0 Å². The Balaban J connectivity index is 2.26. The molecule has 0 aliphatic carbocycles. The number of benzene rings is 2. The van der Waals surface area contributed by atoms with Gasteiger partial charge < -0.3 is 10.6 Å². The second kappa shape index (κ2) is 5.95. The van der Waals surface area contributed by atoms with E-state index in [0.717, 1.165) is 11.1 Å². The number of anilines is 1. The highest BCUT2D eigenvalue weighted by molar-refractivity contribution is 5.95. The van der Waals surface area contributed by atoms with Gasteiger partial charge in [0.15, 0.2) is 0 Å². The number of carbonyl (C=O) groups excluding carboxylic acids is 1. The van der Waals surface area contributed by atoms with Gasteiger partial charge in [0.05, 0.1) is 5.56 Å². The van der Waals surface area contributed by atoms with Crippen LogP contribution in [-0.4, -0.2) is 17.9 Å². The maximum absolute atomic E-state index is 14.1. The van der Waals surface area contributed by atoms with Gasteiger partial charge in [0.25, 0.3) is 5.91 Å².